The summed E-state index contributed by atoms with van der Waals surface area (Å²) in [5.41, 5.74) is 4.73. The first-order valence-corrected chi connectivity index (χ1v) is 14.4. The summed E-state index contributed by atoms with van der Waals surface area (Å²) in [6, 6.07) is 11.6. The monoisotopic (exact) mass is 515 g/mol. The number of unbranched alkanes of at least 4 members (excludes halogenated alkanes) is 3. The fourth-order valence-electron chi connectivity index (χ4n) is 6.44. The van der Waals surface area contributed by atoms with Crippen LogP contribution in [-0.2, 0) is 6.42 Å². The molecule has 2 atom stereocenters. The third-order valence-electron chi connectivity index (χ3n) is 8.53. The SMILES string of the molecule is CCCCCc1cc(OCCCCN2C(=O)c3ccccc3C2=O)c2c(c1)OC(C)(C)[C@@H]1CC=C(C)C[C@@H]21. The highest BCUT2D eigenvalue weighted by molar-refractivity contribution is 6.21. The number of nitrogens with zero attached hydrogens (tertiary/aromatic N) is 1. The van der Waals surface area contributed by atoms with E-state index < -0.39 is 0 Å². The first-order valence-electron chi connectivity index (χ1n) is 14.4. The highest BCUT2D eigenvalue weighted by Crippen LogP contribution is 2.54. The fourth-order valence-corrected chi connectivity index (χ4v) is 6.44. The second-order valence-corrected chi connectivity index (χ2v) is 11.7. The standard InChI is InChI=1S/C33H41NO4/c1-5-6-7-12-23-20-28(30-26-19-22(2)15-16-27(26)33(3,4)38-29(30)21-23)37-18-11-10-17-34-31(35)24-13-8-9-14-25(24)32(34)36/h8-9,13-15,20-21,26-27H,5-7,10-12,16-19H2,1-4H3/t26-,27-/m1/s1. The summed E-state index contributed by atoms with van der Waals surface area (Å²) in [4.78, 5) is 26.7. The van der Waals surface area contributed by atoms with Crippen molar-refractivity contribution in [2.24, 2.45) is 5.92 Å². The van der Waals surface area contributed by atoms with Crippen molar-refractivity contribution < 1.29 is 19.1 Å². The molecule has 2 aromatic rings. The quantitative estimate of drug-likeness (QED) is 0.187. The van der Waals surface area contributed by atoms with Crippen molar-refractivity contribution in [1.29, 1.82) is 0 Å². The number of carbonyl (C=O) groups is 2. The minimum atomic E-state index is -0.222. The Morgan fingerprint density at radius 3 is 2.47 bits per heavy atom. The molecule has 0 radical (unpaired) electrons. The molecule has 2 heterocycles. The van der Waals surface area contributed by atoms with Crippen LogP contribution >= 0.6 is 0 Å². The Bertz CT molecular complexity index is 1210. The van der Waals surface area contributed by atoms with Crippen molar-refractivity contribution in [3.8, 4) is 11.5 Å². The Kier molecular flexibility index (Phi) is 7.65. The molecule has 5 nitrogen and oxygen atoms in total. The van der Waals surface area contributed by atoms with Crippen molar-refractivity contribution in [1.82, 2.24) is 4.90 Å². The summed E-state index contributed by atoms with van der Waals surface area (Å²) >= 11 is 0. The van der Waals surface area contributed by atoms with Crippen LogP contribution in [0.4, 0.5) is 0 Å². The van der Waals surface area contributed by atoms with E-state index in [0.29, 0.717) is 42.5 Å². The molecular weight excluding hydrogens is 474 g/mol. The van der Waals surface area contributed by atoms with Gasteiger partial charge in [0.05, 0.1) is 17.7 Å². The van der Waals surface area contributed by atoms with Gasteiger partial charge in [-0.15, -0.1) is 0 Å². The van der Waals surface area contributed by atoms with Gasteiger partial charge in [0.15, 0.2) is 0 Å². The van der Waals surface area contributed by atoms with Gasteiger partial charge in [-0.2, -0.15) is 0 Å². The highest BCUT2D eigenvalue weighted by Gasteiger charge is 2.46. The third-order valence-corrected chi connectivity index (χ3v) is 8.53. The maximum absolute atomic E-state index is 12.7. The summed E-state index contributed by atoms with van der Waals surface area (Å²) in [7, 11) is 0. The van der Waals surface area contributed by atoms with Gasteiger partial charge < -0.3 is 9.47 Å². The van der Waals surface area contributed by atoms with E-state index in [1.807, 2.05) is 0 Å². The van der Waals surface area contributed by atoms with Crippen molar-refractivity contribution >= 4 is 11.8 Å². The summed E-state index contributed by atoms with van der Waals surface area (Å²) in [5.74, 6) is 2.37. The number of benzene rings is 2. The van der Waals surface area contributed by atoms with Gasteiger partial charge in [-0.25, -0.2) is 0 Å². The lowest BCUT2D eigenvalue weighted by Crippen LogP contribution is -2.45. The summed E-state index contributed by atoms with van der Waals surface area (Å²) < 4.78 is 13.2. The van der Waals surface area contributed by atoms with Crippen molar-refractivity contribution in [2.75, 3.05) is 13.2 Å². The van der Waals surface area contributed by atoms with Gasteiger partial charge in [0.25, 0.3) is 11.8 Å². The topological polar surface area (TPSA) is 55.8 Å². The maximum atomic E-state index is 12.7. The number of hydrogen-bond acceptors (Lipinski definition) is 4. The Hall–Kier alpha value is -3.08. The normalized spacial score (nSPS) is 21.4. The first kappa shape index (κ1) is 26.5. The molecule has 3 aliphatic rings. The van der Waals surface area contributed by atoms with Crippen LogP contribution in [0.5, 0.6) is 11.5 Å². The summed E-state index contributed by atoms with van der Waals surface area (Å²) in [5, 5.41) is 0. The molecule has 0 spiro atoms. The molecule has 0 saturated heterocycles. The molecule has 0 fully saturated rings. The number of rotatable bonds is 10. The highest BCUT2D eigenvalue weighted by atomic mass is 16.5. The number of imide groups is 1. The van der Waals surface area contributed by atoms with Crippen molar-refractivity contribution in [2.45, 2.75) is 90.6 Å². The number of allylic oxidation sites excluding steroid dienone is 2. The van der Waals surface area contributed by atoms with Gasteiger partial charge >= 0.3 is 0 Å². The van der Waals surface area contributed by atoms with Gasteiger partial charge in [0, 0.05) is 23.9 Å². The Morgan fingerprint density at radius 1 is 1.03 bits per heavy atom. The van der Waals surface area contributed by atoms with Gasteiger partial charge in [-0.3, -0.25) is 14.5 Å². The fraction of sp³-hybridized carbons (Fsp3) is 0.515. The number of amides is 2. The van der Waals surface area contributed by atoms with Gasteiger partial charge in [0.2, 0.25) is 0 Å². The molecule has 5 heteroatoms. The average Bonchev–Trinajstić information content (AvgIpc) is 3.12. The molecule has 0 unspecified atom stereocenters. The molecule has 0 N–H and O–H groups in total. The van der Waals surface area contributed by atoms with Crippen molar-refractivity contribution in [3.63, 3.8) is 0 Å². The van der Waals surface area contributed by atoms with Crippen LogP contribution in [0.25, 0.3) is 0 Å². The van der Waals surface area contributed by atoms with Crippen LogP contribution < -0.4 is 9.47 Å². The van der Waals surface area contributed by atoms with E-state index in [2.05, 4.69) is 45.9 Å². The third kappa shape index (κ3) is 5.12. The zero-order chi connectivity index (χ0) is 26.9. The molecule has 38 heavy (non-hydrogen) atoms. The molecule has 0 bridgehead atoms. The smallest absolute Gasteiger partial charge is 0.261 e. The summed E-state index contributed by atoms with van der Waals surface area (Å²) in [6.07, 6.45) is 10.5. The zero-order valence-corrected chi connectivity index (χ0v) is 23.3. The van der Waals surface area contributed by atoms with E-state index in [9.17, 15) is 9.59 Å². The van der Waals surface area contributed by atoms with Crippen LogP contribution in [-0.4, -0.2) is 35.5 Å². The van der Waals surface area contributed by atoms with Crippen LogP contribution in [0.3, 0.4) is 0 Å². The van der Waals surface area contributed by atoms with E-state index in [4.69, 9.17) is 9.47 Å². The lowest BCUT2D eigenvalue weighted by Gasteiger charge is -2.47. The Labute approximate surface area is 227 Å². The predicted molar refractivity (Wildman–Crippen MR) is 150 cm³/mol. The first-order chi connectivity index (χ1) is 18.3. The molecule has 0 saturated carbocycles. The van der Waals surface area contributed by atoms with Gasteiger partial charge in [-0.1, -0.05) is 43.5 Å². The lowest BCUT2D eigenvalue weighted by molar-refractivity contribution is 0.00720. The minimum absolute atomic E-state index is 0.188. The molecule has 2 amide bonds. The molecule has 5 rings (SSSR count). The number of carbonyl (C=O) groups excluding carboxylic acids is 2. The van der Waals surface area contributed by atoms with Crippen LogP contribution in [0.2, 0.25) is 0 Å². The zero-order valence-electron chi connectivity index (χ0n) is 23.3. The lowest BCUT2D eigenvalue weighted by atomic mass is 9.67. The van der Waals surface area contributed by atoms with Crippen LogP contribution in [0, 0.1) is 5.92 Å². The number of aryl methyl sites for hydroxylation is 1. The van der Waals surface area contributed by atoms with E-state index in [-0.39, 0.29) is 17.4 Å². The van der Waals surface area contributed by atoms with E-state index in [0.717, 1.165) is 43.6 Å². The predicted octanol–water partition coefficient (Wildman–Crippen LogP) is 7.49. The number of ether oxygens (including phenoxy) is 2. The molecule has 1 aliphatic carbocycles. The van der Waals surface area contributed by atoms with Crippen LogP contribution in [0.1, 0.15) is 110 Å². The maximum Gasteiger partial charge on any atom is 0.261 e. The number of fused-ring (bicyclic) bond motifs is 4. The van der Waals surface area contributed by atoms with E-state index in [1.54, 1.807) is 24.3 Å². The number of hydrogen-bond donors (Lipinski definition) is 0. The minimum Gasteiger partial charge on any atom is -0.493 e. The van der Waals surface area contributed by atoms with Crippen molar-refractivity contribution in [3.05, 3.63) is 70.3 Å². The second kappa shape index (κ2) is 11.0. The average molecular weight is 516 g/mol. The molecule has 2 aromatic carbocycles. The van der Waals surface area contributed by atoms with E-state index in [1.165, 1.54) is 34.4 Å². The van der Waals surface area contributed by atoms with Gasteiger partial charge in [0.1, 0.15) is 17.1 Å². The Morgan fingerprint density at radius 2 is 1.76 bits per heavy atom. The largest absolute Gasteiger partial charge is 0.493 e. The Balaban J connectivity index is 1.29. The van der Waals surface area contributed by atoms with E-state index >= 15 is 0 Å². The summed E-state index contributed by atoms with van der Waals surface area (Å²) in [6.45, 7) is 9.88. The molecule has 202 valence electrons. The molecule has 2 aliphatic heterocycles. The molecular formula is C33H41NO4. The molecule has 0 aromatic heterocycles. The second-order valence-electron chi connectivity index (χ2n) is 11.7. The van der Waals surface area contributed by atoms with Crippen LogP contribution in [0.15, 0.2) is 48.0 Å². The van der Waals surface area contributed by atoms with Gasteiger partial charge in [-0.05, 0) is 89.1 Å².